The molecule has 0 aliphatic rings. The third kappa shape index (κ3) is 6.26. The number of hydrogen-bond acceptors (Lipinski definition) is 4. The van der Waals surface area contributed by atoms with Crippen LogP contribution in [0.4, 0.5) is 0 Å². The minimum atomic E-state index is 0.139. The molecule has 0 saturated carbocycles. The standard InChI is InChI=1S/C31H37N5O/c1-5-7-15-26-19-21-30(25-13-10-9-11-14-25)35(26)33-23(3)28-17-12-18-29(32-28)24(4)34-36-27(16-8-6-2)20-22-31(36)37/h9-14,17-22,37H,5-8,15-16H2,1-4H3/b33-23+,34-24+. The van der Waals surface area contributed by atoms with Crippen molar-refractivity contribution in [2.45, 2.75) is 66.2 Å². The van der Waals surface area contributed by atoms with Crippen LogP contribution in [0.1, 0.15) is 76.2 Å². The molecule has 1 aromatic carbocycles. The van der Waals surface area contributed by atoms with Crippen molar-refractivity contribution in [3.63, 3.8) is 0 Å². The van der Waals surface area contributed by atoms with Crippen molar-refractivity contribution in [1.29, 1.82) is 0 Å². The monoisotopic (exact) mass is 495 g/mol. The molecule has 0 amide bonds. The van der Waals surface area contributed by atoms with Crippen LogP contribution in [-0.4, -0.2) is 30.9 Å². The Labute approximate surface area is 220 Å². The Morgan fingerprint density at radius 3 is 1.89 bits per heavy atom. The van der Waals surface area contributed by atoms with E-state index in [-0.39, 0.29) is 5.88 Å². The van der Waals surface area contributed by atoms with Gasteiger partial charge in [0.05, 0.1) is 28.5 Å². The van der Waals surface area contributed by atoms with E-state index in [0.29, 0.717) is 0 Å². The summed E-state index contributed by atoms with van der Waals surface area (Å²) in [5, 5.41) is 20.1. The molecule has 0 aliphatic carbocycles. The molecular formula is C31H37N5O. The first-order valence-corrected chi connectivity index (χ1v) is 13.3. The number of pyridine rings is 1. The summed E-state index contributed by atoms with van der Waals surface area (Å²) in [5.41, 5.74) is 7.50. The fourth-order valence-electron chi connectivity index (χ4n) is 4.33. The average molecular weight is 496 g/mol. The van der Waals surface area contributed by atoms with Crippen molar-refractivity contribution in [2.75, 3.05) is 0 Å². The molecule has 4 rings (SSSR count). The maximum Gasteiger partial charge on any atom is 0.212 e. The lowest BCUT2D eigenvalue weighted by molar-refractivity contribution is 0.425. The van der Waals surface area contributed by atoms with Crippen LogP contribution in [0.2, 0.25) is 0 Å². The van der Waals surface area contributed by atoms with Gasteiger partial charge in [0.15, 0.2) is 0 Å². The van der Waals surface area contributed by atoms with Gasteiger partial charge in [0.2, 0.25) is 5.88 Å². The minimum absolute atomic E-state index is 0.139. The Balaban J connectivity index is 1.68. The second-order valence-electron chi connectivity index (χ2n) is 9.37. The Kier molecular flexibility index (Phi) is 8.72. The number of hydrogen-bond donors (Lipinski definition) is 1. The van der Waals surface area contributed by atoms with Crippen LogP contribution in [0.15, 0.2) is 83.0 Å². The van der Waals surface area contributed by atoms with Crippen LogP contribution in [0, 0.1) is 0 Å². The van der Waals surface area contributed by atoms with E-state index in [2.05, 4.69) is 54.9 Å². The third-order valence-electron chi connectivity index (χ3n) is 6.48. The van der Waals surface area contributed by atoms with E-state index < -0.39 is 0 Å². The second kappa shape index (κ2) is 12.3. The van der Waals surface area contributed by atoms with Gasteiger partial charge in [-0.3, -0.25) is 0 Å². The predicted molar refractivity (Wildman–Crippen MR) is 153 cm³/mol. The smallest absolute Gasteiger partial charge is 0.212 e. The fourth-order valence-corrected chi connectivity index (χ4v) is 4.33. The molecule has 1 N–H and O–H groups in total. The van der Waals surface area contributed by atoms with E-state index in [9.17, 15) is 5.11 Å². The zero-order chi connectivity index (χ0) is 26.2. The summed E-state index contributed by atoms with van der Waals surface area (Å²) in [6.45, 7) is 8.28. The molecule has 192 valence electrons. The first-order chi connectivity index (χ1) is 18.0. The Bertz CT molecular complexity index is 1380. The highest BCUT2D eigenvalue weighted by Gasteiger charge is 2.12. The maximum absolute atomic E-state index is 10.3. The van der Waals surface area contributed by atoms with E-state index >= 15 is 0 Å². The zero-order valence-electron chi connectivity index (χ0n) is 22.4. The molecule has 3 heterocycles. The highest BCUT2D eigenvalue weighted by molar-refractivity contribution is 6.00. The minimum Gasteiger partial charge on any atom is -0.493 e. The lowest BCUT2D eigenvalue weighted by Gasteiger charge is -2.11. The Hall–Kier alpha value is -3.93. The number of rotatable bonds is 11. The molecular weight excluding hydrogens is 458 g/mol. The molecule has 0 radical (unpaired) electrons. The van der Waals surface area contributed by atoms with Crippen molar-refractivity contribution in [3.05, 3.63) is 95.6 Å². The molecule has 4 aromatic rings. The molecule has 0 aliphatic heterocycles. The Morgan fingerprint density at radius 2 is 1.27 bits per heavy atom. The normalized spacial score (nSPS) is 12.3. The summed E-state index contributed by atoms with van der Waals surface area (Å²) >= 11 is 0. The van der Waals surface area contributed by atoms with Crippen molar-refractivity contribution in [1.82, 2.24) is 14.3 Å². The summed E-state index contributed by atoms with van der Waals surface area (Å²) in [7, 11) is 0. The number of unbranched alkanes of at least 4 members (excludes halogenated alkanes) is 2. The molecule has 6 heteroatoms. The first kappa shape index (κ1) is 26.1. The van der Waals surface area contributed by atoms with E-state index in [4.69, 9.17) is 15.2 Å². The van der Waals surface area contributed by atoms with Gasteiger partial charge in [-0.05, 0) is 69.9 Å². The van der Waals surface area contributed by atoms with E-state index in [1.54, 1.807) is 10.7 Å². The van der Waals surface area contributed by atoms with Gasteiger partial charge in [-0.2, -0.15) is 10.2 Å². The lowest BCUT2D eigenvalue weighted by atomic mass is 10.2. The van der Waals surface area contributed by atoms with Crippen LogP contribution in [0.25, 0.3) is 11.3 Å². The van der Waals surface area contributed by atoms with Gasteiger partial charge >= 0.3 is 0 Å². The van der Waals surface area contributed by atoms with Crippen molar-refractivity contribution in [2.24, 2.45) is 10.2 Å². The first-order valence-electron chi connectivity index (χ1n) is 13.3. The highest BCUT2D eigenvalue weighted by Crippen LogP contribution is 2.24. The van der Waals surface area contributed by atoms with Crippen molar-refractivity contribution < 1.29 is 5.11 Å². The number of aryl methyl sites for hydroxylation is 2. The molecule has 3 aromatic heterocycles. The van der Waals surface area contributed by atoms with Crippen molar-refractivity contribution in [3.8, 4) is 17.1 Å². The van der Waals surface area contributed by atoms with Gasteiger partial charge in [-0.1, -0.05) is 63.1 Å². The van der Waals surface area contributed by atoms with Gasteiger partial charge in [-0.25, -0.2) is 14.3 Å². The fraction of sp³-hybridized carbons (Fsp3) is 0.323. The topological polar surface area (TPSA) is 67.7 Å². The van der Waals surface area contributed by atoms with Gasteiger partial charge in [0.25, 0.3) is 0 Å². The van der Waals surface area contributed by atoms with Crippen LogP contribution >= 0.6 is 0 Å². The summed E-state index contributed by atoms with van der Waals surface area (Å²) in [5.74, 6) is 0.139. The largest absolute Gasteiger partial charge is 0.493 e. The maximum atomic E-state index is 10.3. The number of benzene rings is 1. The van der Waals surface area contributed by atoms with E-state index in [1.807, 2.05) is 44.2 Å². The van der Waals surface area contributed by atoms with Crippen molar-refractivity contribution >= 4 is 11.4 Å². The van der Waals surface area contributed by atoms with Crippen LogP contribution in [0.5, 0.6) is 5.88 Å². The third-order valence-corrected chi connectivity index (χ3v) is 6.48. The lowest BCUT2D eigenvalue weighted by Crippen LogP contribution is -2.09. The molecule has 0 fully saturated rings. The predicted octanol–water partition coefficient (Wildman–Crippen LogP) is 7.29. The van der Waals surface area contributed by atoms with E-state index in [0.717, 1.165) is 78.3 Å². The summed E-state index contributed by atoms with van der Waals surface area (Å²) in [6, 6.07) is 24.2. The molecule has 0 atom stereocenters. The van der Waals surface area contributed by atoms with Crippen LogP contribution < -0.4 is 0 Å². The number of aromatic hydroxyl groups is 1. The molecule has 0 unspecified atom stereocenters. The summed E-state index contributed by atoms with van der Waals surface area (Å²) in [6.07, 6.45) is 6.22. The second-order valence-corrected chi connectivity index (χ2v) is 9.37. The van der Waals surface area contributed by atoms with Gasteiger partial charge in [0, 0.05) is 23.0 Å². The van der Waals surface area contributed by atoms with Gasteiger partial charge in [-0.15, -0.1) is 0 Å². The van der Waals surface area contributed by atoms with Crippen LogP contribution in [0.3, 0.4) is 0 Å². The van der Waals surface area contributed by atoms with Gasteiger partial charge < -0.3 is 5.11 Å². The zero-order valence-corrected chi connectivity index (χ0v) is 22.4. The SMILES string of the molecule is CCCCc1ccc(O)n1/N=C(\C)c1cccc(/C(C)=N/n2c(CCCC)ccc2-c2ccccc2)n1. The molecule has 0 bridgehead atoms. The van der Waals surface area contributed by atoms with Crippen LogP contribution in [-0.2, 0) is 12.8 Å². The molecule has 0 saturated heterocycles. The number of nitrogens with zero attached hydrogens (tertiary/aromatic N) is 5. The summed E-state index contributed by atoms with van der Waals surface area (Å²) in [4.78, 5) is 4.88. The quantitative estimate of drug-likeness (QED) is 0.222. The van der Waals surface area contributed by atoms with E-state index in [1.165, 1.54) is 5.69 Å². The molecule has 6 nitrogen and oxygen atoms in total. The number of aromatic nitrogens is 3. The van der Waals surface area contributed by atoms with Gasteiger partial charge in [0.1, 0.15) is 0 Å². The molecule has 37 heavy (non-hydrogen) atoms. The average Bonchev–Trinajstić information content (AvgIpc) is 3.49. The highest BCUT2D eigenvalue weighted by atomic mass is 16.3. The molecule has 0 spiro atoms. The summed E-state index contributed by atoms with van der Waals surface area (Å²) < 4.78 is 3.68. The Morgan fingerprint density at radius 1 is 0.703 bits per heavy atom.